The number of aromatic amines is 1. The fourth-order valence-corrected chi connectivity index (χ4v) is 2.41. The van der Waals surface area contributed by atoms with Gasteiger partial charge in [0.2, 0.25) is 0 Å². The molecule has 0 amide bonds. The number of guanidine groups is 1. The largest absolute Gasteiger partial charge is 0.370 e. The first-order valence-electron chi connectivity index (χ1n) is 6.85. The molecule has 2 aromatic rings. The minimum absolute atomic E-state index is 0.540. The molecule has 100 valence electrons. The third-order valence-electron chi connectivity index (χ3n) is 3.71. The Morgan fingerprint density at radius 2 is 2.26 bits per heavy atom. The summed E-state index contributed by atoms with van der Waals surface area (Å²) in [6.07, 6.45) is 3.73. The van der Waals surface area contributed by atoms with Gasteiger partial charge in [-0.25, -0.2) is 4.99 Å². The number of H-pyrrole nitrogens is 1. The molecular formula is C15H20N4. The third-order valence-corrected chi connectivity index (χ3v) is 3.71. The lowest BCUT2D eigenvalue weighted by atomic mass is 9.93. The summed E-state index contributed by atoms with van der Waals surface area (Å²) < 4.78 is 0. The smallest absolute Gasteiger partial charge is 0.189 e. The van der Waals surface area contributed by atoms with Gasteiger partial charge in [0.05, 0.1) is 6.54 Å². The van der Waals surface area contributed by atoms with Crippen LogP contribution in [0.15, 0.2) is 29.3 Å². The Morgan fingerprint density at radius 1 is 1.42 bits per heavy atom. The van der Waals surface area contributed by atoms with Crippen molar-refractivity contribution in [1.29, 1.82) is 0 Å². The van der Waals surface area contributed by atoms with Gasteiger partial charge in [0.1, 0.15) is 0 Å². The standard InChI is InChI=1S/C15H20N4/c1-10-7-12-8-11(5-6-14(12)18-10)9-17-15(16)19-13-3-2-4-13/h5-8,13,18H,2-4,9H2,1H3,(H3,16,17,19). The lowest BCUT2D eigenvalue weighted by Gasteiger charge is -2.26. The number of nitrogens with zero attached hydrogens (tertiary/aromatic N) is 1. The van der Waals surface area contributed by atoms with E-state index in [9.17, 15) is 0 Å². The van der Waals surface area contributed by atoms with Crippen molar-refractivity contribution in [2.45, 2.75) is 38.8 Å². The summed E-state index contributed by atoms with van der Waals surface area (Å²) in [5.41, 5.74) is 9.42. The van der Waals surface area contributed by atoms with Gasteiger partial charge < -0.3 is 16.0 Å². The van der Waals surface area contributed by atoms with Crippen LogP contribution in [0.4, 0.5) is 0 Å². The lowest BCUT2D eigenvalue weighted by Crippen LogP contribution is -2.43. The summed E-state index contributed by atoms with van der Waals surface area (Å²) in [5.74, 6) is 0.565. The number of aliphatic imine (C=N–C) groups is 1. The van der Waals surface area contributed by atoms with E-state index in [0.29, 0.717) is 18.5 Å². The highest BCUT2D eigenvalue weighted by molar-refractivity contribution is 5.81. The van der Waals surface area contributed by atoms with Crippen LogP contribution in [0.25, 0.3) is 10.9 Å². The Bertz CT molecular complexity index is 608. The van der Waals surface area contributed by atoms with Crippen molar-refractivity contribution >= 4 is 16.9 Å². The van der Waals surface area contributed by atoms with Gasteiger partial charge in [0.15, 0.2) is 5.96 Å². The van der Waals surface area contributed by atoms with E-state index in [-0.39, 0.29) is 0 Å². The van der Waals surface area contributed by atoms with Crippen LogP contribution < -0.4 is 11.1 Å². The van der Waals surface area contributed by atoms with Crippen molar-refractivity contribution in [3.05, 3.63) is 35.5 Å². The summed E-state index contributed by atoms with van der Waals surface area (Å²) in [6.45, 7) is 2.70. The van der Waals surface area contributed by atoms with Gasteiger partial charge in [-0.1, -0.05) is 6.07 Å². The number of hydrogen-bond acceptors (Lipinski definition) is 1. The molecule has 3 rings (SSSR count). The number of aromatic nitrogens is 1. The van der Waals surface area contributed by atoms with Gasteiger partial charge in [-0.2, -0.15) is 0 Å². The molecule has 1 fully saturated rings. The van der Waals surface area contributed by atoms with Gasteiger partial charge in [-0.15, -0.1) is 0 Å². The Balaban J connectivity index is 1.68. The van der Waals surface area contributed by atoms with Crippen LogP contribution in [0.1, 0.15) is 30.5 Å². The highest BCUT2D eigenvalue weighted by Crippen LogP contribution is 2.18. The minimum Gasteiger partial charge on any atom is -0.370 e. The van der Waals surface area contributed by atoms with Crippen LogP contribution in [0, 0.1) is 6.92 Å². The first kappa shape index (κ1) is 12.1. The number of nitrogens with two attached hydrogens (primary N) is 1. The zero-order valence-electron chi connectivity index (χ0n) is 11.2. The van der Waals surface area contributed by atoms with Crippen molar-refractivity contribution in [1.82, 2.24) is 10.3 Å². The average molecular weight is 256 g/mol. The van der Waals surface area contributed by atoms with Crippen LogP contribution in [-0.2, 0) is 6.54 Å². The van der Waals surface area contributed by atoms with Crippen molar-refractivity contribution in [2.24, 2.45) is 10.7 Å². The molecule has 1 aromatic heterocycles. The number of hydrogen-bond donors (Lipinski definition) is 3. The monoisotopic (exact) mass is 256 g/mol. The number of aryl methyl sites for hydroxylation is 1. The minimum atomic E-state index is 0.540. The predicted molar refractivity (Wildman–Crippen MR) is 79.1 cm³/mol. The molecule has 4 heteroatoms. The Morgan fingerprint density at radius 3 is 3.00 bits per heavy atom. The Kier molecular flexibility index (Phi) is 3.15. The van der Waals surface area contributed by atoms with E-state index in [1.165, 1.54) is 41.4 Å². The molecule has 1 heterocycles. The maximum Gasteiger partial charge on any atom is 0.189 e. The summed E-state index contributed by atoms with van der Waals surface area (Å²) >= 11 is 0. The van der Waals surface area contributed by atoms with Gasteiger partial charge in [-0.05, 0) is 55.3 Å². The predicted octanol–water partition coefficient (Wildman–Crippen LogP) is 2.43. The molecule has 0 spiro atoms. The molecule has 1 saturated carbocycles. The Hall–Kier alpha value is -1.97. The van der Waals surface area contributed by atoms with Crippen LogP contribution in [0.5, 0.6) is 0 Å². The van der Waals surface area contributed by atoms with Crippen LogP contribution in [0.2, 0.25) is 0 Å². The van der Waals surface area contributed by atoms with Crippen molar-refractivity contribution < 1.29 is 0 Å². The molecule has 0 aliphatic heterocycles. The lowest BCUT2D eigenvalue weighted by molar-refractivity contribution is 0.382. The average Bonchev–Trinajstić information content (AvgIpc) is 2.70. The topological polar surface area (TPSA) is 66.2 Å². The molecule has 0 atom stereocenters. The maximum atomic E-state index is 5.88. The Labute approximate surface area is 113 Å². The van der Waals surface area contributed by atoms with E-state index in [1.54, 1.807) is 0 Å². The van der Waals surface area contributed by atoms with Crippen LogP contribution in [-0.4, -0.2) is 17.0 Å². The molecule has 4 nitrogen and oxygen atoms in total. The number of benzene rings is 1. The first-order chi connectivity index (χ1) is 9.20. The summed E-state index contributed by atoms with van der Waals surface area (Å²) in [6, 6.07) is 9.05. The van der Waals surface area contributed by atoms with Crippen molar-refractivity contribution in [3.63, 3.8) is 0 Å². The number of fused-ring (bicyclic) bond motifs is 1. The second kappa shape index (κ2) is 4.96. The fourth-order valence-electron chi connectivity index (χ4n) is 2.41. The number of rotatable bonds is 3. The normalized spacial score (nSPS) is 16.6. The van der Waals surface area contributed by atoms with E-state index < -0.39 is 0 Å². The molecule has 1 aliphatic carbocycles. The molecule has 0 saturated heterocycles. The quantitative estimate of drug-likeness (QED) is 0.583. The highest BCUT2D eigenvalue weighted by atomic mass is 15.1. The van der Waals surface area contributed by atoms with E-state index >= 15 is 0 Å². The second-order valence-electron chi connectivity index (χ2n) is 5.35. The van der Waals surface area contributed by atoms with E-state index in [0.717, 1.165) is 0 Å². The molecule has 4 N–H and O–H groups in total. The molecule has 1 aliphatic rings. The van der Waals surface area contributed by atoms with E-state index in [1.807, 2.05) is 0 Å². The summed E-state index contributed by atoms with van der Waals surface area (Å²) in [5, 5.41) is 4.48. The number of nitrogens with one attached hydrogen (secondary N) is 2. The zero-order chi connectivity index (χ0) is 13.2. The van der Waals surface area contributed by atoms with Gasteiger partial charge >= 0.3 is 0 Å². The molecule has 1 aromatic carbocycles. The molecule has 0 radical (unpaired) electrons. The zero-order valence-corrected chi connectivity index (χ0v) is 11.2. The van der Waals surface area contributed by atoms with Crippen molar-refractivity contribution in [2.75, 3.05) is 0 Å². The summed E-state index contributed by atoms with van der Waals surface area (Å²) in [4.78, 5) is 7.72. The van der Waals surface area contributed by atoms with E-state index in [4.69, 9.17) is 5.73 Å². The van der Waals surface area contributed by atoms with Crippen LogP contribution >= 0.6 is 0 Å². The third kappa shape index (κ3) is 2.72. The van der Waals surface area contributed by atoms with Crippen molar-refractivity contribution in [3.8, 4) is 0 Å². The summed E-state index contributed by atoms with van der Waals surface area (Å²) in [7, 11) is 0. The SMILES string of the molecule is Cc1cc2cc(CN=C(N)NC3CCC3)ccc2[nH]1. The molecule has 19 heavy (non-hydrogen) atoms. The van der Waals surface area contributed by atoms with Gasteiger partial charge in [0, 0.05) is 17.3 Å². The van der Waals surface area contributed by atoms with Gasteiger partial charge in [0.25, 0.3) is 0 Å². The van der Waals surface area contributed by atoms with Crippen LogP contribution in [0.3, 0.4) is 0 Å². The van der Waals surface area contributed by atoms with E-state index in [2.05, 4.69) is 46.5 Å². The fraction of sp³-hybridized carbons (Fsp3) is 0.400. The van der Waals surface area contributed by atoms with Gasteiger partial charge in [-0.3, -0.25) is 0 Å². The molecule has 0 bridgehead atoms. The maximum absolute atomic E-state index is 5.88. The highest BCUT2D eigenvalue weighted by Gasteiger charge is 2.17. The first-order valence-corrected chi connectivity index (χ1v) is 6.85. The molecule has 0 unspecified atom stereocenters. The second-order valence-corrected chi connectivity index (χ2v) is 5.35. The molecular weight excluding hydrogens is 236 g/mol.